The van der Waals surface area contributed by atoms with Crippen LogP contribution in [0.5, 0.6) is 0 Å². The van der Waals surface area contributed by atoms with Crippen LogP contribution in [0.25, 0.3) is 0 Å². The van der Waals surface area contributed by atoms with Crippen molar-refractivity contribution in [2.24, 2.45) is 28.6 Å². The van der Waals surface area contributed by atoms with E-state index >= 15 is 0 Å². The molecular weight excluding hydrogens is 312 g/mol. The number of hydrogen-bond acceptors (Lipinski definition) is 3. The van der Waals surface area contributed by atoms with Crippen LogP contribution < -0.4 is 0 Å². The van der Waals surface area contributed by atoms with Gasteiger partial charge in [-0.15, -0.1) is 0 Å². The van der Waals surface area contributed by atoms with E-state index in [2.05, 4.69) is 19.9 Å². The summed E-state index contributed by atoms with van der Waals surface area (Å²) in [5, 5.41) is 0. The lowest BCUT2D eigenvalue weighted by atomic mass is 9.47. The first-order valence-corrected chi connectivity index (χ1v) is 10.6. The number of rotatable bonds is 0. The Hall–Kier alpha value is -0.380. The summed E-state index contributed by atoms with van der Waals surface area (Å²) in [4.78, 5) is 0. The van der Waals surface area contributed by atoms with Gasteiger partial charge in [0.2, 0.25) is 0 Å². The van der Waals surface area contributed by atoms with Crippen LogP contribution in [0.3, 0.4) is 0 Å². The van der Waals surface area contributed by atoms with Crippen LogP contribution in [0.2, 0.25) is 0 Å². The van der Waals surface area contributed by atoms with E-state index in [1.807, 2.05) is 0 Å². The van der Waals surface area contributed by atoms with Gasteiger partial charge in [-0.05, 0) is 61.7 Å². The second kappa shape index (κ2) is 4.72. The van der Waals surface area contributed by atoms with E-state index in [0.717, 1.165) is 50.4 Å². The summed E-state index contributed by atoms with van der Waals surface area (Å²) in [7, 11) is 0. The van der Waals surface area contributed by atoms with Crippen LogP contribution in [-0.4, -0.2) is 31.2 Å². The molecule has 0 aromatic heterocycles. The van der Waals surface area contributed by atoms with Crippen LogP contribution in [0.4, 0.5) is 0 Å². The molecule has 6 atom stereocenters. The minimum absolute atomic E-state index is 0.273. The van der Waals surface area contributed by atoms with Crippen molar-refractivity contribution in [3.05, 3.63) is 11.6 Å². The number of epoxide rings is 1. The summed E-state index contributed by atoms with van der Waals surface area (Å²) in [5.74, 6) is 2.33. The van der Waals surface area contributed by atoms with E-state index in [-0.39, 0.29) is 11.4 Å². The molecule has 25 heavy (non-hydrogen) atoms. The largest absolute Gasteiger partial charge is 0.369 e. The Bertz CT molecular complexity index is 629. The summed E-state index contributed by atoms with van der Waals surface area (Å²) in [6.07, 6.45) is 12.7. The van der Waals surface area contributed by atoms with Gasteiger partial charge in [-0.1, -0.05) is 25.5 Å². The van der Waals surface area contributed by atoms with Crippen LogP contribution in [0.15, 0.2) is 11.6 Å². The third-order valence-corrected chi connectivity index (χ3v) is 9.71. The summed E-state index contributed by atoms with van der Waals surface area (Å²) >= 11 is 0. The highest BCUT2D eigenvalue weighted by molar-refractivity contribution is 5.28. The average molecular weight is 344 g/mol. The summed E-state index contributed by atoms with van der Waals surface area (Å²) in [5.41, 5.74) is 2.75. The van der Waals surface area contributed by atoms with Crippen molar-refractivity contribution in [3.63, 3.8) is 0 Å². The smallest absolute Gasteiger partial charge is 0.172 e. The molecule has 3 heteroatoms. The molecule has 3 nitrogen and oxygen atoms in total. The van der Waals surface area contributed by atoms with Crippen molar-refractivity contribution in [2.45, 2.75) is 76.6 Å². The second-order valence-electron chi connectivity index (χ2n) is 10.3. The molecule has 0 unspecified atom stereocenters. The maximum atomic E-state index is 6.06. The Morgan fingerprint density at radius 3 is 2.44 bits per heavy atom. The fourth-order valence-electron chi connectivity index (χ4n) is 8.00. The minimum atomic E-state index is -0.277. The molecule has 0 bridgehead atoms. The van der Waals surface area contributed by atoms with Crippen LogP contribution in [0, 0.1) is 28.6 Å². The molecule has 3 saturated carbocycles. The number of fused-ring (bicyclic) bond motifs is 6. The van der Waals surface area contributed by atoms with Gasteiger partial charge in [0.1, 0.15) is 0 Å². The fraction of sp³-hybridized carbons (Fsp3) is 0.909. The van der Waals surface area contributed by atoms with Gasteiger partial charge in [0.15, 0.2) is 5.79 Å². The zero-order chi connectivity index (χ0) is 16.9. The van der Waals surface area contributed by atoms with E-state index in [1.165, 1.54) is 38.5 Å². The fourth-order valence-corrected chi connectivity index (χ4v) is 8.00. The van der Waals surface area contributed by atoms with Gasteiger partial charge in [-0.3, -0.25) is 0 Å². The van der Waals surface area contributed by atoms with Gasteiger partial charge >= 0.3 is 0 Å². The Morgan fingerprint density at radius 2 is 1.68 bits per heavy atom. The summed E-state index contributed by atoms with van der Waals surface area (Å²) < 4.78 is 18.2. The molecule has 6 rings (SSSR count). The lowest BCUT2D eigenvalue weighted by Crippen LogP contribution is -2.53. The SMILES string of the molecule is C[C@]12CCC3(CC1=CC[C@H]1[C@H]2CC[C@@]2(C)[C@@H]1CC[C@]21CO1)OCCO3. The van der Waals surface area contributed by atoms with Crippen LogP contribution in [-0.2, 0) is 14.2 Å². The molecule has 2 spiro atoms. The Kier molecular flexibility index (Phi) is 2.95. The van der Waals surface area contributed by atoms with Gasteiger partial charge in [0, 0.05) is 18.3 Å². The number of hydrogen-bond donors (Lipinski definition) is 0. The Morgan fingerprint density at radius 1 is 0.920 bits per heavy atom. The number of ether oxygens (including phenoxy) is 3. The molecule has 5 fully saturated rings. The van der Waals surface area contributed by atoms with E-state index < -0.39 is 0 Å². The molecule has 0 aromatic rings. The molecule has 6 aliphatic rings. The molecule has 2 aliphatic heterocycles. The molecule has 2 heterocycles. The van der Waals surface area contributed by atoms with Crippen molar-refractivity contribution < 1.29 is 14.2 Å². The highest BCUT2D eigenvalue weighted by Crippen LogP contribution is 2.71. The maximum Gasteiger partial charge on any atom is 0.172 e. The highest BCUT2D eigenvalue weighted by atomic mass is 16.7. The van der Waals surface area contributed by atoms with Crippen molar-refractivity contribution in [3.8, 4) is 0 Å². The van der Waals surface area contributed by atoms with Crippen LogP contribution >= 0.6 is 0 Å². The number of allylic oxidation sites excluding steroid dienone is 1. The van der Waals surface area contributed by atoms with Gasteiger partial charge in [0.05, 0.1) is 25.4 Å². The van der Waals surface area contributed by atoms with Crippen LogP contribution in [0.1, 0.15) is 65.2 Å². The lowest BCUT2D eigenvalue weighted by molar-refractivity contribution is -0.185. The molecule has 2 saturated heterocycles. The van der Waals surface area contributed by atoms with Crippen molar-refractivity contribution in [1.82, 2.24) is 0 Å². The van der Waals surface area contributed by atoms with E-state index in [4.69, 9.17) is 14.2 Å². The quantitative estimate of drug-likeness (QED) is 0.480. The zero-order valence-electron chi connectivity index (χ0n) is 15.8. The standard InChI is InChI=1S/C22H32O3/c1-19-9-10-22(23-11-12-24-22)13-15(19)3-4-16-17(19)5-7-20(2)18(16)6-8-21(20)14-25-21/h3,16-18H,4-14H2,1-2H3/t16-,17+,18+,19-,20-,21-/m0/s1. The monoisotopic (exact) mass is 344 g/mol. The first-order valence-electron chi connectivity index (χ1n) is 10.6. The molecule has 0 aromatic carbocycles. The van der Waals surface area contributed by atoms with E-state index in [1.54, 1.807) is 5.57 Å². The second-order valence-corrected chi connectivity index (χ2v) is 10.3. The first kappa shape index (κ1) is 15.7. The predicted molar refractivity (Wildman–Crippen MR) is 95.0 cm³/mol. The third kappa shape index (κ3) is 1.83. The lowest BCUT2D eigenvalue weighted by Gasteiger charge is -2.58. The third-order valence-electron chi connectivity index (χ3n) is 9.71. The maximum absolute atomic E-state index is 6.06. The van der Waals surface area contributed by atoms with E-state index in [9.17, 15) is 0 Å². The summed E-state index contributed by atoms with van der Waals surface area (Å²) in [6.45, 7) is 7.72. The molecule has 0 N–H and O–H groups in total. The zero-order valence-corrected chi connectivity index (χ0v) is 15.8. The molecule has 0 radical (unpaired) electrons. The van der Waals surface area contributed by atoms with Crippen molar-refractivity contribution in [2.75, 3.05) is 19.8 Å². The van der Waals surface area contributed by atoms with Gasteiger partial charge < -0.3 is 14.2 Å². The molecule has 0 amide bonds. The molecule has 4 aliphatic carbocycles. The predicted octanol–water partition coefficient (Wildman–Crippen LogP) is 4.46. The first-order chi connectivity index (χ1) is 12.0. The highest BCUT2D eigenvalue weighted by Gasteiger charge is 2.69. The topological polar surface area (TPSA) is 31.0 Å². The molecule has 138 valence electrons. The van der Waals surface area contributed by atoms with Gasteiger partial charge in [-0.25, -0.2) is 0 Å². The normalized spacial score (nSPS) is 55.6. The van der Waals surface area contributed by atoms with Crippen molar-refractivity contribution in [1.29, 1.82) is 0 Å². The van der Waals surface area contributed by atoms with Gasteiger partial charge in [-0.2, -0.15) is 0 Å². The Balaban J connectivity index is 1.33. The van der Waals surface area contributed by atoms with Crippen molar-refractivity contribution >= 4 is 0 Å². The average Bonchev–Trinajstić information content (AvgIpc) is 3.18. The minimum Gasteiger partial charge on any atom is -0.369 e. The van der Waals surface area contributed by atoms with E-state index in [0.29, 0.717) is 10.8 Å². The summed E-state index contributed by atoms with van der Waals surface area (Å²) in [6, 6.07) is 0. The molecular formula is C22H32O3. The van der Waals surface area contributed by atoms with Gasteiger partial charge in [0.25, 0.3) is 0 Å². The Labute approximate surface area is 151 Å².